The molecule has 1 saturated heterocycles. The minimum Gasteiger partial charge on any atom is -0.378 e. The van der Waals surface area contributed by atoms with E-state index in [1.807, 2.05) is 35.2 Å². The highest BCUT2D eigenvalue weighted by Crippen LogP contribution is 2.08. The van der Waals surface area contributed by atoms with Crippen LogP contribution in [-0.4, -0.2) is 37.1 Å². The first-order valence-electron chi connectivity index (χ1n) is 5.56. The van der Waals surface area contributed by atoms with E-state index in [1.165, 1.54) is 3.57 Å². The monoisotopic (exact) mass is 343 g/mol. The summed E-state index contributed by atoms with van der Waals surface area (Å²) in [4.78, 5) is 13.6. The Bertz CT molecular complexity index is 408. The Labute approximate surface area is 115 Å². The zero-order valence-corrected chi connectivity index (χ0v) is 11.6. The van der Waals surface area contributed by atoms with Gasteiger partial charge in [-0.05, 0) is 46.4 Å². The second-order valence-corrected chi connectivity index (χ2v) is 5.07. The molecule has 0 N–H and O–H groups in total. The van der Waals surface area contributed by atoms with Crippen molar-refractivity contribution in [1.82, 2.24) is 4.90 Å². The molecule has 1 aromatic rings. The molecule has 0 spiro atoms. The molecule has 0 atom stereocenters. The normalized spacial score (nSPS) is 16.4. The molecular weight excluding hydrogens is 329 g/mol. The van der Waals surface area contributed by atoms with Gasteiger partial charge >= 0.3 is 0 Å². The number of ether oxygens (including phenoxy) is 1. The molecule has 1 amide bonds. The van der Waals surface area contributed by atoms with E-state index in [0.29, 0.717) is 26.3 Å². The van der Waals surface area contributed by atoms with E-state index < -0.39 is 0 Å². The van der Waals surface area contributed by atoms with Gasteiger partial charge in [0, 0.05) is 22.7 Å². The van der Waals surface area contributed by atoms with Crippen LogP contribution in [0.2, 0.25) is 0 Å². The molecule has 0 unspecified atom stereocenters. The van der Waals surface area contributed by atoms with Crippen LogP contribution in [0.1, 0.15) is 5.56 Å². The van der Waals surface area contributed by atoms with Gasteiger partial charge in [-0.3, -0.25) is 4.79 Å². The molecule has 2 rings (SSSR count). The van der Waals surface area contributed by atoms with E-state index in [2.05, 4.69) is 22.6 Å². The topological polar surface area (TPSA) is 29.5 Å². The molecule has 1 aromatic carbocycles. The predicted molar refractivity (Wildman–Crippen MR) is 75.6 cm³/mol. The zero-order chi connectivity index (χ0) is 12.1. The molecule has 1 aliphatic rings. The lowest BCUT2D eigenvalue weighted by molar-refractivity contribution is -0.129. The summed E-state index contributed by atoms with van der Waals surface area (Å²) in [6, 6.07) is 8.06. The first-order valence-corrected chi connectivity index (χ1v) is 6.64. The molecule has 3 nitrogen and oxygen atoms in total. The molecule has 4 heteroatoms. The van der Waals surface area contributed by atoms with Crippen molar-refractivity contribution in [3.05, 3.63) is 39.5 Å². The summed E-state index contributed by atoms with van der Waals surface area (Å²) in [6.45, 7) is 2.66. The number of carbonyl (C=O) groups excluding carboxylic acids is 1. The number of benzene rings is 1. The summed E-state index contributed by atoms with van der Waals surface area (Å²) < 4.78 is 6.40. The maximum atomic E-state index is 11.8. The van der Waals surface area contributed by atoms with Gasteiger partial charge < -0.3 is 9.64 Å². The van der Waals surface area contributed by atoms with E-state index in [-0.39, 0.29) is 5.91 Å². The summed E-state index contributed by atoms with van der Waals surface area (Å²) in [7, 11) is 0. The van der Waals surface area contributed by atoms with Crippen molar-refractivity contribution in [2.45, 2.75) is 0 Å². The Balaban J connectivity index is 1.95. The lowest BCUT2D eigenvalue weighted by atomic mass is 10.2. The average molecular weight is 343 g/mol. The van der Waals surface area contributed by atoms with Gasteiger partial charge in [-0.1, -0.05) is 12.1 Å². The molecule has 1 fully saturated rings. The molecule has 0 aliphatic carbocycles. The number of halogens is 1. The average Bonchev–Trinajstić information content (AvgIpc) is 2.39. The number of amides is 1. The van der Waals surface area contributed by atoms with E-state index in [0.717, 1.165) is 5.56 Å². The molecule has 1 aliphatic heterocycles. The summed E-state index contributed by atoms with van der Waals surface area (Å²) >= 11 is 2.26. The van der Waals surface area contributed by atoms with Gasteiger partial charge in [0.15, 0.2) is 0 Å². The number of hydrogen-bond acceptors (Lipinski definition) is 2. The molecule has 90 valence electrons. The van der Waals surface area contributed by atoms with Gasteiger partial charge in [0.2, 0.25) is 5.91 Å². The molecule has 0 bridgehead atoms. The molecule has 1 heterocycles. The first-order chi connectivity index (χ1) is 8.25. The second kappa shape index (κ2) is 6.16. The van der Waals surface area contributed by atoms with Gasteiger partial charge in [0.1, 0.15) is 0 Å². The van der Waals surface area contributed by atoms with Crippen molar-refractivity contribution in [2.24, 2.45) is 0 Å². The summed E-state index contributed by atoms with van der Waals surface area (Å²) in [5.41, 5.74) is 1.05. The third-order valence-corrected chi connectivity index (χ3v) is 3.33. The number of nitrogens with zero attached hydrogens (tertiary/aromatic N) is 1. The highest BCUT2D eigenvalue weighted by atomic mass is 127. The summed E-state index contributed by atoms with van der Waals surface area (Å²) in [5.74, 6) is 0.0619. The van der Waals surface area contributed by atoms with Gasteiger partial charge in [-0.25, -0.2) is 0 Å². The lowest BCUT2D eigenvalue weighted by Crippen LogP contribution is -2.39. The zero-order valence-electron chi connectivity index (χ0n) is 9.43. The van der Waals surface area contributed by atoms with Crippen LogP contribution in [-0.2, 0) is 9.53 Å². The number of carbonyl (C=O) groups is 1. The van der Waals surface area contributed by atoms with Crippen LogP contribution in [0, 0.1) is 3.57 Å². The number of morpholine rings is 1. The third kappa shape index (κ3) is 3.81. The Hall–Kier alpha value is -0.880. The van der Waals surface area contributed by atoms with Gasteiger partial charge in [-0.2, -0.15) is 0 Å². The van der Waals surface area contributed by atoms with Crippen LogP contribution in [0.5, 0.6) is 0 Å². The third-order valence-electron chi connectivity index (χ3n) is 2.61. The lowest BCUT2D eigenvalue weighted by Gasteiger charge is -2.25. The molecule has 0 radical (unpaired) electrons. The highest BCUT2D eigenvalue weighted by Gasteiger charge is 2.13. The Kier molecular flexibility index (Phi) is 4.56. The summed E-state index contributed by atoms with van der Waals surface area (Å²) in [6.07, 6.45) is 3.49. The molecule has 0 aromatic heterocycles. The predicted octanol–water partition coefficient (Wildman–Crippen LogP) is 2.16. The fourth-order valence-electron chi connectivity index (χ4n) is 1.63. The van der Waals surface area contributed by atoms with E-state index in [4.69, 9.17) is 4.74 Å². The van der Waals surface area contributed by atoms with Crippen LogP contribution in [0.3, 0.4) is 0 Å². The SMILES string of the molecule is O=C(/C=C/c1ccc(I)cc1)N1CCOCC1. The van der Waals surface area contributed by atoms with Gasteiger partial charge in [0.05, 0.1) is 13.2 Å². The van der Waals surface area contributed by atoms with E-state index >= 15 is 0 Å². The smallest absolute Gasteiger partial charge is 0.246 e. The van der Waals surface area contributed by atoms with Crippen LogP contribution >= 0.6 is 22.6 Å². The van der Waals surface area contributed by atoms with E-state index in [1.54, 1.807) is 6.08 Å². The fourth-order valence-corrected chi connectivity index (χ4v) is 1.99. The molecule has 17 heavy (non-hydrogen) atoms. The highest BCUT2D eigenvalue weighted by molar-refractivity contribution is 14.1. The van der Waals surface area contributed by atoms with Crippen LogP contribution in [0.4, 0.5) is 0 Å². The van der Waals surface area contributed by atoms with Crippen molar-refractivity contribution in [2.75, 3.05) is 26.3 Å². The van der Waals surface area contributed by atoms with Crippen molar-refractivity contribution in [1.29, 1.82) is 0 Å². The minimum atomic E-state index is 0.0619. The molecular formula is C13H14INO2. The van der Waals surface area contributed by atoms with E-state index in [9.17, 15) is 4.79 Å². The second-order valence-electron chi connectivity index (χ2n) is 3.82. The number of hydrogen-bond donors (Lipinski definition) is 0. The van der Waals surface area contributed by atoms with Crippen molar-refractivity contribution in [3.8, 4) is 0 Å². The van der Waals surface area contributed by atoms with Crippen LogP contribution in [0.25, 0.3) is 6.08 Å². The first kappa shape index (κ1) is 12.6. The standard InChI is InChI=1S/C13H14INO2/c14-12-4-1-11(2-5-12)3-6-13(16)15-7-9-17-10-8-15/h1-6H,7-10H2/b6-3+. The maximum absolute atomic E-state index is 11.8. The Morgan fingerprint density at radius 1 is 1.24 bits per heavy atom. The minimum absolute atomic E-state index is 0.0619. The van der Waals surface area contributed by atoms with Gasteiger partial charge in [-0.15, -0.1) is 0 Å². The summed E-state index contributed by atoms with van der Waals surface area (Å²) in [5, 5.41) is 0. The maximum Gasteiger partial charge on any atom is 0.246 e. The van der Waals surface area contributed by atoms with Crippen molar-refractivity contribution < 1.29 is 9.53 Å². The van der Waals surface area contributed by atoms with Crippen LogP contribution in [0.15, 0.2) is 30.3 Å². The van der Waals surface area contributed by atoms with Crippen molar-refractivity contribution in [3.63, 3.8) is 0 Å². The fraction of sp³-hybridized carbons (Fsp3) is 0.308. The van der Waals surface area contributed by atoms with Crippen molar-refractivity contribution >= 4 is 34.6 Å². The van der Waals surface area contributed by atoms with Gasteiger partial charge in [0.25, 0.3) is 0 Å². The largest absolute Gasteiger partial charge is 0.378 e. The Morgan fingerprint density at radius 2 is 1.88 bits per heavy atom. The quantitative estimate of drug-likeness (QED) is 0.609. The molecule has 0 saturated carbocycles. The number of rotatable bonds is 2. The Morgan fingerprint density at radius 3 is 2.53 bits per heavy atom. The van der Waals surface area contributed by atoms with Crippen LogP contribution < -0.4 is 0 Å².